The van der Waals surface area contributed by atoms with Crippen LogP contribution in [-0.4, -0.2) is 11.6 Å². The first-order chi connectivity index (χ1) is 13.6. The molecule has 0 spiro atoms. The van der Waals surface area contributed by atoms with Crippen molar-refractivity contribution in [2.75, 3.05) is 0 Å². The number of benzene rings is 2. The average molecular weight is 401 g/mol. The summed E-state index contributed by atoms with van der Waals surface area (Å²) in [7, 11) is 0. The van der Waals surface area contributed by atoms with Gasteiger partial charge in [-0.2, -0.15) is 0 Å². The van der Waals surface area contributed by atoms with Crippen LogP contribution in [0.4, 0.5) is 0 Å². The predicted octanol–water partition coefficient (Wildman–Crippen LogP) is 7.71. The van der Waals surface area contributed by atoms with E-state index in [1.165, 1.54) is 30.5 Å². The van der Waals surface area contributed by atoms with Crippen LogP contribution in [0.5, 0.6) is 0 Å². The maximum Gasteiger partial charge on any atom is 0.139 e. The van der Waals surface area contributed by atoms with E-state index in [9.17, 15) is 9.59 Å². The quantitative estimate of drug-likeness (QED) is 0.528. The predicted molar refractivity (Wildman–Crippen MR) is 130 cm³/mol. The van der Waals surface area contributed by atoms with Crippen LogP contribution in [0.1, 0.15) is 77.6 Å². The molecule has 0 saturated heterocycles. The van der Waals surface area contributed by atoms with Gasteiger partial charge in [-0.3, -0.25) is 4.79 Å². The van der Waals surface area contributed by atoms with Gasteiger partial charge in [0.15, 0.2) is 0 Å². The lowest BCUT2D eigenvalue weighted by Crippen LogP contribution is -2.09. The van der Waals surface area contributed by atoms with Gasteiger partial charge in [0.25, 0.3) is 0 Å². The highest BCUT2D eigenvalue weighted by Crippen LogP contribution is 2.07. The average Bonchev–Trinajstić information content (AvgIpc) is 2.69. The standard InChI is InChI=1S/C12H16O.C8H10.C3H6O.2C2H6/c1-9(2)12(13)8-11-6-4-10(3)5-7-11;1-7-5-3-4-6-8(7)2;1-3(2)4;2*1-2/h4-7,9H,8H2,1-3H3;3-6H,1-2H3;1-2H3;2*1-2H3. The van der Waals surface area contributed by atoms with Crippen LogP contribution >= 0.6 is 0 Å². The normalized spacial score (nSPS) is 8.55. The molecule has 0 amide bonds. The zero-order valence-corrected chi connectivity index (χ0v) is 20.7. The van der Waals surface area contributed by atoms with Crippen molar-refractivity contribution in [1.29, 1.82) is 0 Å². The van der Waals surface area contributed by atoms with Gasteiger partial charge in [-0.05, 0) is 51.3 Å². The SMILES string of the molecule is CC.CC.CC(C)=O.Cc1ccc(CC(=O)C(C)C)cc1.Cc1ccccc1C. The van der Waals surface area contributed by atoms with Gasteiger partial charge in [0.2, 0.25) is 0 Å². The summed E-state index contributed by atoms with van der Waals surface area (Å²) >= 11 is 0. The lowest BCUT2D eigenvalue weighted by molar-refractivity contribution is -0.121. The van der Waals surface area contributed by atoms with Gasteiger partial charge in [-0.25, -0.2) is 0 Å². The topological polar surface area (TPSA) is 34.1 Å². The molecule has 0 atom stereocenters. The number of hydrogen-bond donors (Lipinski definition) is 0. The summed E-state index contributed by atoms with van der Waals surface area (Å²) in [6.45, 7) is 21.2. The minimum atomic E-state index is 0.140. The van der Waals surface area contributed by atoms with Gasteiger partial charge in [0.1, 0.15) is 11.6 Å². The Kier molecular flexibility index (Phi) is 22.3. The Morgan fingerprint density at radius 3 is 1.34 bits per heavy atom. The zero-order chi connectivity index (χ0) is 23.4. The van der Waals surface area contributed by atoms with Crippen LogP contribution in [0.2, 0.25) is 0 Å². The second-order valence-corrected chi connectivity index (χ2v) is 6.78. The largest absolute Gasteiger partial charge is 0.300 e. The molecule has 0 aliphatic carbocycles. The summed E-state index contributed by atoms with van der Waals surface area (Å²) in [5.41, 5.74) is 5.09. The third-order valence-electron chi connectivity index (χ3n) is 3.57. The van der Waals surface area contributed by atoms with E-state index in [1.807, 2.05) is 72.7 Å². The molecule has 2 aromatic rings. The molecule has 0 aromatic heterocycles. The van der Waals surface area contributed by atoms with Gasteiger partial charge < -0.3 is 4.79 Å². The van der Waals surface area contributed by atoms with Crippen molar-refractivity contribution >= 4 is 11.6 Å². The molecule has 2 rings (SSSR count). The highest BCUT2D eigenvalue weighted by Gasteiger charge is 2.07. The molecular weight excluding hydrogens is 356 g/mol. The summed E-state index contributed by atoms with van der Waals surface area (Å²) in [4.78, 5) is 20.8. The van der Waals surface area contributed by atoms with Crippen LogP contribution in [0.15, 0.2) is 48.5 Å². The van der Waals surface area contributed by atoms with Crippen LogP contribution in [0.25, 0.3) is 0 Å². The molecule has 2 nitrogen and oxygen atoms in total. The molecule has 0 fully saturated rings. The Hall–Kier alpha value is -2.22. The fraction of sp³-hybridized carbons (Fsp3) is 0.481. The Morgan fingerprint density at radius 2 is 1.07 bits per heavy atom. The number of ketones is 2. The molecule has 0 aliphatic rings. The Bertz CT molecular complexity index is 627. The number of rotatable bonds is 3. The second-order valence-electron chi connectivity index (χ2n) is 6.78. The summed E-state index contributed by atoms with van der Waals surface area (Å²) in [6.07, 6.45) is 0.567. The lowest BCUT2D eigenvalue weighted by atomic mass is 10.0. The third-order valence-corrected chi connectivity index (χ3v) is 3.57. The number of hydrogen-bond acceptors (Lipinski definition) is 2. The van der Waals surface area contributed by atoms with E-state index in [2.05, 4.69) is 38.1 Å². The van der Waals surface area contributed by atoms with Crippen molar-refractivity contribution in [3.05, 3.63) is 70.8 Å². The number of aryl methyl sites for hydroxylation is 3. The maximum absolute atomic E-state index is 11.4. The monoisotopic (exact) mass is 400 g/mol. The van der Waals surface area contributed by atoms with Gasteiger partial charge in [-0.15, -0.1) is 0 Å². The minimum Gasteiger partial charge on any atom is -0.300 e. The molecule has 0 heterocycles. The molecule has 2 aromatic carbocycles. The van der Waals surface area contributed by atoms with Gasteiger partial charge in [0, 0.05) is 12.3 Å². The molecule has 2 heteroatoms. The van der Waals surface area contributed by atoms with Crippen molar-refractivity contribution in [2.45, 2.75) is 82.6 Å². The van der Waals surface area contributed by atoms with Crippen molar-refractivity contribution in [2.24, 2.45) is 5.92 Å². The van der Waals surface area contributed by atoms with Crippen LogP contribution in [0.3, 0.4) is 0 Å². The fourth-order valence-corrected chi connectivity index (χ4v) is 1.77. The van der Waals surface area contributed by atoms with E-state index < -0.39 is 0 Å². The Labute approximate surface area is 180 Å². The number of carbonyl (C=O) groups is 2. The fourth-order valence-electron chi connectivity index (χ4n) is 1.77. The smallest absolute Gasteiger partial charge is 0.139 e. The molecular formula is C27H44O2. The first-order valence-electron chi connectivity index (χ1n) is 10.7. The maximum atomic E-state index is 11.4. The highest BCUT2D eigenvalue weighted by molar-refractivity contribution is 5.82. The first kappa shape index (κ1) is 31.5. The second kappa shape index (κ2) is 20.5. The van der Waals surface area contributed by atoms with Gasteiger partial charge in [-0.1, -0.05) is 95.6 Å². The third kappa shape index (κ3) is 20.3. The molecule has 29 heavy (non-hydrogen) atoms. The Morgan fingerprint density at radius 1 is 0.724 bits per heavy atom. The van der Waals surface area contributed by atoms with E-state index in [4.69, 9.17) is 0 Å². The van der Waals surface area contributed by atoms with E-state index in [-0.39, 0.29) is 11.7 Å². The van der Waals surface area contributed by atoms with Gasteiger partial charge >= 0.3 is 0 Å². The van der Waals surface area contributed by atoms with Crippen molar-refractivity contribution in [1.82, 2.24) is 0 Å². The molecule has 0 bridgehead atoms. The molecule has 0 N–H and O–H groups in total. The zero-order valence-electron chi connectivity index (χ0n) is 20.7. The molecule has 0 unspecified atom stereocenters. The molecule has 0 aliphatic heterocycles. The lowest BCUT2D eigenvalue weighted by Gasteiger charge is -2.03. The minimum absolute atomic E-state index is 0.140. The summed E-state index contributed by atoms with van der Waals surface area (Å²) < 4.78 is 0. The highest BCUT2D eigenvalue weighted by atomic mass is 16.1. The van der Waals surface area contributed by atoms with Crippen LogP contribution in [0, 0.1) is 26.7 Å². The van der Waals surface area contributed by atoms with Crippen molar-refractivity contribution in [3.8, 4) is 0 Å². The molecule has 0 saturated carbocycles. The van der Waals surface area contributed by atoms with Crippen LogP contribution < -0.4 is 0 Å². The van der Waals surface area contributed by atoms with Crippen molar-refractivity contribution < 1.29 is 9.59 Å². The first-order valence-corrected chi connectivity index (χ1v) is 10.7. The summed E-state index contributed by atoms with van der Waals surface area (Å²) in [5.74, 6) is 0.616. The van der Waals surface area contributed by atoms with Crippen LogP contribution in [-0.2, 0) is 16.0 Å². The molecule has 164 valence electrons. The summed E-state index contributed by atoms with van der Waals surface area (Å²) in [5, 5.41) is 0. The molecule has 0 radical (unpaired) electrons. The van der Waals surface area contributed by atoms with E-state index in [0.29, 0.717) is 12.2 Å². The van der Waals surface area contributed by atoms with E-state index >= 15 is 0 Å². The number of Topliss-reactive ketones (excluding diaryl/α,β-unsaturated/α-hetero) is 2. The van der Waals surface area contributed by atoms with E-state index in [1.54, 1.807) is 0 Å². The number of carbonyl (C=O) groups excluding carboxylic acids is 2. The van der Waals surface area contributed by atoms with Crippen molar-refractivity contribution in [3.63, 3.8) is 0 Å². The Balaban J connectivity index is -0.000000361. The summed E-state index contributed by atoms with van der Waals surface area (Å²) in [6, 6.07) is 16.5. The van der Waals surface area contributed by atoms with E-state index in [0.717, 1.165) is 5.56 Å². The van der Waals surface area contributed by atoms with Gasteiger partial charge in [0.05, 0.1) is 0 Å².